The van der Waals surface area contributed by atoms with E-state index in [1.165, 1.54) is 0 Å². The van der Waals surface area contributed by atoms with Crippen LogP contribution in [0.3, 0.4) is 0 Å². The summed E-state index contributed by atoms with van der Waals surface area (Å²) in [6, 6.07) is 24.9. The summed E-state index contributed by atoms with van der Waals surface area (Å²) in [4.78, 5) is 12.4. The highest BCUT2D eigenvalue weighted by Crippen LogP contribution is 2.21. The SMILES string of the molecule is CCOc1ccc(-c2ccc(OCCNC(=O)c3ccc4ccccc4c3)nn2)cc1. The van der Waals surface area contributed by atoms with Gasteiger partial charge in [-0.2, -0.15) is 0 Å². The predicted molar refractivity (Wildman–Crippen MR) is 120 cm³/mol. The van der Waals surface area contributed by atoms with Crippen molar-refractivity contribution >= 4 is 16.7 Å². The summed E-state index contributed by atoms with van der Waals surface area (Å²) in [5, 5.41) is 13.3. The first kappa shape index (κ1) is 20.3. The molecule has 0 saturated carbocycles. The first-order valence-electron chi connectivity index (χ1n) is 10.2. The van der Waals surface area contributed by atoms with Crippen molar-refractivity contribution in [2.45, 2.75) is 6.92 Å². The number of carbonyl (C=O) groups excluding carboxylic acids is 1. The number of amides is 1. The second-order valence-electron chi connectivity index (χ2n) is 6.88. The number of rotatable bonds is 8. The van der Waals surface area contributed by atoms with Crippen LogP contribution in [-0.4, -0.2) is 35.9 Å². The van der Waals surface area contributed by atoms with Gasteiger partial charge < -0.3 is 14.8 Å². The Morgan fingerprint density at radius 1 is 0.871 bits per heavy atom. The van der Waals surface area contributed by atoms with Gasteiger partial charge in [0.1, 0.15) is 12.4 Å². The van der Waals surface area contributed by atoms with Crippen molar-refractivity contribution in [2.75, 3.05) is 19.8 Å². The molecule has 0 radical (unpaired) electrons. The molecule has 156 valence electrons. The molecule has 0 saturated heterocycles. The van der Waals surface area contributed by atoms with Gasteiger partial charge in [0.25, 0.3) is 5.91 Å². The summed E-state index contributed by atoms with van der Waals surface area (Å²) < 4.78 is 11.0. The van der Waals surface area contributed by atoms with Crippen LogP contribution in [0.15, 0.2) is 78.9 Å². The minimum Gasteiger partial charge on any atom is -0.494 e. The van der Waals surface area contributed by atoms with E-state index in [4.69, 9.17) is 9.47 Å². The van der Waals surface area contributed by atoms with Crippen LogP contribution < -0.4 is 14.8 Å². The number of carbonyl (C=O) groups is 1. The van der Waals surface area contributed by atoms with E-state index in [9.17, 15) is 4.79 Å². The Balaban J connectivity index is 1.27. The summed E-state index contributed by atoms with van der Waals surface area (Å²) in [5.74, 6) is 1.10. The number of nitrogens with one attached hydrogen (secondary N) is 1. The van der Waals surface area contributed by atoms with Gasteiger partial charge in [-0.1, -0.05) is 30.3 Å². The van der Waals surface area contributed by atoms with Crippen LogP contribution in [0, 0.1) is 0 Å². The minimum absolute atomic E-state index is 0.133. The molecule has 0 aliphatic rings. The molecular weight excluding hydrogens is 390 g/mol. The molecule has 1 heterocycles. The summed E-state index contributed by atoms with van der Waals surface area (Å²) in [6.45, 7) is 3.26. The summed E-state index contributed by atoms with van der Waals surface area (Å²) >= 11 is 0. The van der Waals surface area contributed by atoms with Gasteiger partial charge in [0.05, 0.1) is 18.8 Å². The Bertz CT molecular complexity index is 1160. The molecule has 4 aromatic rings. The summed E-state index contributed by atoms with van der Waals surface area (Å²) in [7, 11) is 0. The molecule has 31 heavy (non-hydrogen) atoms. The van der Waals surface area contributed by atoms with Gasteiger partial charge in [0, 0.05) is 17.2 Å². The molecule has 0 atom stereocenters. The van der Waals surface area contributed by atoms with E-state index in [0.29, 0.717) is 31.2 Å². The van der Waals surface area contributed by atoms with Gasteiger partial charge in [-0.15, -0.1) is 10.2 Å². The molecule has 0 aliphatic carbocycles. The Morgan fingerprint density at radius 3 is 2.42 bits per heavy atom. The van der Waals surface area contributed by atoms with Crippen molar-refractivity contribution in [3.63, 3.8) is 0 Å². The van der Waals surface area contributed by atoms with Crippen molar-refractivity contribution in [1.29, 1.82) is 0 Å². The number of aromatic nitrogens is 2. The largest absolute Gasteiger partial charge is 0.494 e. The summed E-state index contributed by atoms with van der Waals surface area (Å²) in [6.07, 6.45) is 0. The lowest BCUT2D eigenvalue weighted by Crippen LogP contribution is -2.28. The topological polar surface area (TPSA) is 73.3 Å². The third-order valence-electron chi connectivity index (χ3n) is 4.75. The first-order chi connectivity index (χ1) is 15.2. The van der Waals surface area contributed by atoms with Gasteiger partial charge in [-0.3, -0.25) is 4.79 Å². The fourth-order valence-corrected chi connectivity index (χ4v) is 3.19. The van der Waals surface area contributed by atoms with Gasteiger partial charge >= 0.3 is 0 Å². The van der Waals surface area contributed by atoms with Gasteiger partial charge in [0.15, 0.2) is 0 Å². The molecule has 3 aromatic carbocycles. The number of benzene rings is 3. The van der Waals surface area contributed by atoms with Crippen LogP contribution >= 0.6 is 0 Å². The van der Waals surface area contributed by atoms with E-state index >= 15 is 0 Å². The second kappa shape index (κ2) is 9.71. The fraction of sp³-hybridized carbons (Fsp3) is 0.160. The lowest BCUT2D eigenvalue weighted by atomic mass is 10.1. The minimum atomic E-state index is -0.133. The molecule has 1 N–H and O–H groups in total. The number of ether oxygens (including phenoxy) is 2. The lowest BCUT2D eigenvalue weighted by Gasteiger charge is -2.08. The van der Waals surface area contributed by atoms with Crippen LogP contribution in [0.5, 0.6) is 11.6 Å². The highest BCUT2D eigenvalue weighted by Gasteiger charge is 2.07. The van der Waals surface area contributed by atoms with Crippen LogP contribution in [0.1, 0.15) is 17.3 Å². The van der Waals surface area contributed by atoms with Crippen LogP contribution in [0.25, 0.3) is 22.0 Å². The Kier molecular flexibility index (Phi) is 6.38. The number of hydrogen-bond donors (Lipinski definition) is 1. The molecule has 0 bridgehead atoms. The van der Waals surface area contributed by atoms with Crippen molar-refractivity contribution in [2.24, 2.45) is 0 Å². The zero-order valence-electron chi connectivity index (χ0n) is 17.2. The third-order valence-corrected chi connectivity index (χ3v) is 4.75. The van der Waals surface area contributed by atoms with Crippen molar-refractivity contribution in [1.82, 2.24) is 15.5 Å². The molecule has 6 heteroatoms. The van der Waals surface area contributed by atoms with E-state index in [1.807, 2.05) is 79.7 Å². The smallest absolute Gasteiger partial charge is 0.251 e. The standard InChI is InChI=1S/C25H23N3O3/c1-2-30-22-11-9-19(10-12-22)23-13-14-24(28-27-23)31-16-15-26-25(29)21-8-7-18-5-3-4-6-20(18)17-21/h3-14,17H,2,15-16H2,1H3,(H,26,29). The highest BCUT2D eigenvalue weighted by atomic mass is 16.5. The normalized spacial score (nSPS) is 10.6. The average molecular weight is 413 g/mol. The van der Waals surface area contributed by atoms with E-state index in [1.54, 1.807) is 6.07 Å². The molecule has 0 fully saturated rings. The number of nitrogens with zero attached hydrogens (tertiary/aromatic N) is 2. The van der Waals surface area contributed by atoms with E-state index < -0.39 is 0 Å². The molecule has 0 unspecified atom stereocenters. The Hall–Kier alpha value is -3.93. The molecular formula is C25H23N3O3. The van der Waals surface area contributed by atoms with Crippen LogP contribution in [0.4, 0.5) is 0 Å². The first-order valence-corrected chi connectivity index (χ1v) is 10.2. The predicted octanol–water partition coefficient (Wildman–Crippen LogP) is 4.50. The van der Waals surface area contributed by atoms with Crippen LogP contribution in [0.2, 0.25) is 0 Å². The quantitative estimate of drug-likeness (QED) is 0.431. The van der Waals surface area contributed by atoms with Crippen molar-refractivity contribution < 1.29 is 14.3 Å². The molecule has 4 rings (SSSR count). The molecule has 1 amide bonds. The Morgan fingerprint density at radius 2 is 1.68 bits per heavy atom. The van der Waals surface area contributed by atoms with E-state index in [0.717, 1.165) is 27.8 Å². The van der Waals surface area contributed by atoms with E-state index in [-0.39, 0.29) is 5.91 Å². The molecule has 6 nitrogen and oxygen atoms in total. The number of fused-ring (bicyclic) bond motifs is 1. The van der Waals surface area contributed by atoms with E-state index in [2.05, 4.69) is 15.5 Å². The zero-order chi connectivity index (χ0) is 21.5. The highest BCUT2D eigenvalue weighted by molar-refractivity contribution is 5.98. The van der Waals surface area contributed by atoms with Gasteiger partial charge in [-0.05, 0) is 60.2 Å². The average Bonchev–Trinajstić information content (AvgIpc) is 2.82. The fourth-order valence-electron chi connectivity index (χ4n) is 3.19. The molecule has 0 spiro atoms. The second-order valence-corrected chi connectivity index (χ2v) is 6.88. The summed E-state index contributed by atoms with van der Waals surface area (Å²) in [5.41, 5.74) is 2.32. The zero-order valence-corrected chi connectivity index (χ0v) is 17.2. The molecule has 0 aliphatic heterocycles. The van der Waals surface area contributed by atoms with Crippen LogP contribution in [-0.2, 0) is 0 Å². The monoisotopic (exact) mass is 413 g/mol. The maximum absolute atomic E-state index is 12.4. The van der Waals surface area contributed by atoms with Crippen molar-refractivity contribution in [3.05, 3.63) is 84.4 Å². The maximum Gasteiger partial charge on any atom is 0.251 e. The van der Waals surface area contributed by atoms with Gasteiger partial charge in [0.2, 0.25) is 5.88 Å². The van der Waals surface area contributed by atoms with Gasteiger partial charge in [-0.25, -0.2) is 0 Å². The van der Waals surface area contributed by atoms with Crippen molar-refractivity contribution in [3.8, 4) is 22.9 Å². The number of hydrogen-bond acceptors (Lipinski definition) is 5. The third kappa shape index (κ3) is 5.17. The maximum atomic E-state index is 12.4. The lowest BCUT2D eigenvalue weighted by molar-refractivity contribution is 0.0946. The molecule has 1 aromatic heterocycles. The Labute approximate surface area is 180 Å².